The number of carbonyl (C=O) groups excluding carboxylic acids is 2. The summed E-state index contributed by atoms with van der Waals surface area (Å²) in [6.45, 7) is 4.56. The Hall–Kier alpha value is -0.900. The second-order valence-electron chi connectivity index (χ2n) is 5.51. The molecule has 2 fully saturated rings. The Kier molecular flexibility index (Phi) is 3.52. The van der Waals surface area contributed by atoms with Gasteiger partial charge in [0.05, 0.1) is 17.9 Å². The van der Waals surface area contributed by atoms with Gasteiger partial charge in [-0.3, -0.25) is 14.5 Å². The van der Waals surface area contributed by atoms with Gasteiger partial charge in [0.25, 0.3) is 0 Å². The third kappa shape index (κ3) is 1.99. The number of fused-ring (bicyclic) bond motifs is 1. The van der Waals surface area contributed by atoms with Gasteiger partial charge < -0.3 is 5.73 Å². The summed E-state index contributed by atoms with van der Waals surface area (Å²) in [7, 11) is 0. The van der Waals surface area contributed by atoms with Gasteiger partial charge in [0, 0.05) is 6.54 Å². The van der Waals surface area contributed by atoms with Crippen LogP contribution in [0.5, 0.6) is 0 Å². The smallest absolute Gasteiger partial charge is 0.233 e. The normalized spacial score (nSPS) is 34.3. The van der Waals surface area contributed by atoms with E-state index in [1.807, 2.05) is 0 Å². The first-order chi connectivity index (χ1) is 8.10. The molecule has 0 spiro atoms. The summed E-state index contributed by atoms with van der Waals surface area (Å²) in [6.07, 6.45) is 3.51. The van der Waals surface area contributed by atoms with E-state index in [1.54, 1.807) is 0 Å². The monoisotopic (exact) mass is 238 g/mol. The first-order valence-corrected chi connectivity index (χ1v) is 6.67. The molecule has 2 rings (SSSR count). The van der Waals surface area contributed by atoms with E-state index in [-0.39, 0.29) is 29.7 Å². The summed E-state index contributed by atoms with van der Waals surface area (Å²) in [4.78, 5) is 26.0. The number of amides is 2. The van der Waals surface area contributed by atoms with Crippen molar-refractivity contribution < 1.29 is 9.59 Å². The highest BCUT2D eigenvalue weighted by Gasteiger charge is 2.53. The molecule has 2 N–H and O–H groups in total. The van der Waals surface area contributed by atoms with Gasteiger partial charge >= 0.3 is 0 Å². The van der Waals surface area contributed by atoms with Crippen LogP contribution in [0.4, 0.5) is 0 Å². The first-order valence-electron chi connectivity index (χ1n) is 6.67. The minimum Gasteiger partial charge on any atom is -0.328 e. The van der Waals surface area contributed by atoms with E-state index in [1.165, 1.54) is 4.90 Å². The quantitative estimate of drug-likeness (QED) is 0.747. The lowest BCUT2D eigenvalue weighted by atomic mass is 10.00. The number of hydrogen-bond donors (Lipinski definition) is 1. The van der Waals surface area contributed by atoms with Crippen LogP contribution in [0.2, 0.25) is 0 Å². The van der Waals surface area contributed by atoms with Gasteiger partial charge in [0.1, 0.15) is 0 Å². The van der Waals surface area contributed by atoms with Crippen molar-refractivity contribution in [3.05, 3.63) is 0 Å². The molecule has 96 valence electrons. The van der Waals surface area contributed by atoms with Gasteiger partial charge in [-0.2, -0.15) is 0 Å². The van der Waals surface area contributed by atoms with Gasteiger partial charge in [-0.1, -0.05) is 20.3 Å². The Morgan fingerprint density at radius 1 is 1.29 bits per heavy atom. The standard InChI is InChI=1S/C13H22N2O2/c1-3-4-9(7-14)15-12(16)10-5-8(2)6-11(10)13(15)17/h8-11H,3-7,14H2,1-2H3. The predicted octanol–water partition coefficient (Wildman–Crippen LogP) is 1.14. The third-order valence-corrected chi connectivity index (χ3v) is 4.17. The molecule has 0 aromatic rings. The zero-order chi connectivity index (χ0) is 12.6. The fraction of sp³-hybridized carbons (Fsp3) is 0.846. The van der Waals surface area contributed by atoms with Crippen molar-refractivity contribution in [3.63, 3.8) is 0 Å². The van der Waals surface area contributed by atoms with Crippen LogP contribution < -0.4 is 5.73 Å². The Morgan fingerprint density at radius 2 is 1.82 bits per heavy atom. The fourth-order valence-electron chi connectivity index (χ4n) is 3.35. The van der Waals surface area contributed by atoms with Crippen molar-refractivity contribution in [2.45, 2.75) is 45.6 Å². The van der Waals surface area contributed by atoms with Crippen LogP contribution in [-0.4, -0.2) is 29.3 Å². The highest BCUT2D eigenvalue weighted by atomic mass is 16.2. The van der Waals surface area contributed by atoms with Gasteiger partial charge in [0.15, 0.2) is 0 Å². The van der Waals surface area contributed by atoms with Gasteiger partial charge in [-0.25, -0.2) is 0 Å². The number of rotatable bonds is 4. The van der Waals surface area contributed by atoms with E-state index in [9.17, 15) is 9.59 Å². The van der Waals surface area contributed by atoms with E-state index in [4.69, 9.17) is 5.73 Å². The molecular weight excluding hydrogens is 216 g/mol. The molecule has 2 amide bonds. The van der Waals surface area contributed by atoms with Crippen LogP contribution >= 0.6 is 0 Å². The molecule has 1 aliphatic carbocycles. The maximum atomic E-state index is 12.3. The predicted molar refractivity (Wildman–Crippen MR) is 65.0 cm³/mol. The number of carbonyl (C=O) groups is 2. The van der Waals surface area contributed by atoms with Crippen molar-refractivity contribution in [2.24, 2.45) is 23.5 Å². The molecule has 1 saturated carbocycles. The SMILES string of the molecule is CCCC(CN)N1C(=O)C2CC(C)CC2C1=O. The first kappa shape index (κ1) is 12.6. The van der Waals surface area contributed by atoms with Crippen molar-refractivity contribution in [2.75, 3.05) is 6.54 Å². The van der Waals surface area contributed by atoms with Gasteiger partial charge in [-0.15, -0.1) is 0 Å². The lowest BCUT2D eigenvalue weighted by Crippen LogP contribution is -2.45. The zero-order valence-electron chi connectivity index (χ0n) is 10.7. The maximum absolute atomic E-state index is 12.3. The fourth-order valence-corrected chi connectivity index (χ4v) is 3.35. The highest BCUT2D eigenvalue weighted by Crippen LogP contribution is 2.43. The summed E-state index contributed by atoms with van der Waals surface area (Å²) >= 11 is 0. The summed E-state index contributed by atoms with van der Waals surface area (Å²) < 4.78 is 0. The summed E-state index contributed by atoms with van der Waals surface area (Å²) in [5.41, 5.74) is 5.69. The molecule has 0 aromatic carbocycles. The van der Waals surface area contributed by atoms with E-state index in [2.05, 4.69) is 13.8 Å². The Balaban J connectivity index is 2.16. The van der Waals surface area contributed by atoms with Crippen LogP contribution in [0.3, 0.4) is 0 Å². The molecule has 4 nitrogen and oxygen atoms in total. The lowest BCUT2D eigenvalue weighted by molar-refractivity contribution is -0.143. The molecule has 3 atom stereocenters. The number of nitrogens with zero attached hydrogens (tertiary/aromatic N) is 1. The zero-order valence-corrected chi connectivity index (χ0v) is 10.7. The van der Waals surface area contributed by atoms with Crippen LogP contribution in [0.15, 0.2) is 0 Å². The summed E-state index contributed by atoms with van der Waals surface area (Å²) in [6, 6.07) is -0.0825. The molecule has 0 aromatic heterocycles. The molecule has 3 unspecified atom stereocenters. The van der Waals surface area contributed by atoms with Crippen molar-refractivity contribution in [3.8, 4) is 0 Å². The van der Waals surface area contributed by atoms with Crippen LogP contribution in [0.1, 0.15) is 39.5 Å². The van der Waals surface area contributed by atoms with Crippen molar-refractivity contribution in [1.29, 1.82) is 0 Å². The van der Waals surface area contributed by atoms with E-state index < -0.39 is 0 Å². The molecule has 0 radical (unpaired) electrons. The summed E-state index contributed by atoms with van der Waals surface area (Å²) in [5.74, 6) is 0.468. The van der Waals surface area contributed by atoms with Gasteiger partial charge in [-0.05, 0) is 25.2 Å². The van der Waals surface area contributed by atoms with E-state index in [0.717, 1.165) is 25.7 Å². The third-order valence-electron chi connectivity index (χ3n) is 4.17. The molecule has 4 heteroatoms. The molecular formula is C13H22N2O2. The molecule has 1 saturated heterocycles. The average molecular weight is 238 g/mol. The van der Waals surface area contributed by atoms with Crippen LogP contribution in [0, 0.1) is 17.8 Å². The Morgan fingerprint density at radius 3 is 2.24 bits per heavy atom. The van der Waals surface area contributed by atoms with Crippen molar-refractivity contribution >= 4 is 11.8 Å². The molecule has 1 heterocycles. The van der Waals surface area contributed by atoms with E-state index >= 15 is 0 Å². The summed E-state index contributed by atoms with van der Waals surface area (Å²) in [5, 5.41) is 0. The second-order valence-corrected chi connectivity index (χ2v) is 5.51. The minimum atomic E-state index is -0.0825. The second kappa shape index (κ2) is 4.77. The molecule has 17 heavy (non-hydrogen) atoms. The van der Waals surface area contributed by atoms with E-state index in [0.29, 0.717) is 12.5 Å². The maximum Gasteiger partial charge on any atom is 0.233 e. The van der Waals surface area contributed by atoms with Crippen LogP contribution in [0.25, 0.3) is 0 Å². The average Bonchev–Trinajstić information content (AvgIpc) is 2.78. The largest absolute Gasteiger partial charge is 0.328 e. The number of hydrogen-bond acceptors (Lipinski definition) is 3. The van der Waals surface area contributed by atoms with Gasteiger partial charge in [0.2, 0.25) is 11.8 Å². The number of nitrogens with two attached hydrogens (primary N) is 1. The molecule has 2 aliphatic rings. The Labute approximate surface area is 103 Å². The minimum absolute atomic E-state index is 0.0354. The number of imide groups is 1. The number of likely N-dealkylation sites (tertiary alicyclic amines) is 1. The molecule has 1 aliphatic heterocycles. The van der Waals surface area contributed by atoms with Crippen LogP contribution in [-0.2, 0) is 9.59 Å². The topological polar surface area (TPSA) is 63.4 Å². The highest BCUT2D eigenvalue weighted by molar-refractivity contribution is 6.05. The molecule has 0 bridgehead atoms. The Bertz CT molecular complexity index is 305. The lowest BCUT2D eigenvalue weighted by Gasteiger charge is -2.26. The van der Waals surface area contributed by atoms with Crippen molar-refractivity contribution in [1.82, 2.24) is 4.90 Å².